The van der Waals surface area contributed by atoms with Gasteiger partial charge in [-0.1, -0.05) is 33.1 Å². The molecule has 1 saturated carbocycles. The van der Waals surface area contributed by atoms with Gasteiger partial charge in [0.1, 0.15) is 0 Å². The number of hydrogen-bond donors (Lipinski definition) is 3. The largest absolute Gasteiger partial charge is 0.395 e. The Balaban J connectivity index is 2.41. The fourth-order valence-electron chi connectivity index (χ4n) is 2.55. The van der Waals surface area contributed by atoms with E-state index in [0.29, 0.717) is 5.92 Å². The fraction of sp³-hybridized carbons (Fsp3) is 1.00. The van der Waals surface area contributed by atoms with E-state index in [9.17, 15) is 10.2 Å². The van der Waals surface area contributed by atoms with Crippen LogP contribution in [0.4, 0.5) is 0 Å². The molecular weight excluding hydrogens is 202 g/mol. The van der Waals surface area contributed by atoms with E-state index < -0.39 is 0 Å². The van der Waals surface area contributed by atoms with Crippen molar-refractivity contribution in [2.24, 2.45) is 5.92 Å². The van der Waals surface area contributed by atoms with Gasteiger partial charge in [-0.3, -0.25) is 0 Å². The molecule has 3 heteroatoms. The Labute approximate surface area is 99.3 Å². The second-order valence-electron chi connectivity index (χ2n) is 5.49. The van der Waals surface area contributed by atoms with E-state index in [-0.39, 0.29) is 24.8 Å². The Kier molecular flexibility index (Phi) is 6.32. The summed E-state index contributed by atoms with van der Waals surface area (Å²) < 4.78 is 0. The Morgan fingerprint density at radius 3 is 2.50 bits per heavy atom. The molecule has 0 aromatic heterocycles. The van der Waals surface area contributed by atoms with Crippen LogP contribution in [0.25, 0.3) is 0 Å². The molecular formula is C13H27NO2. The molecule has 1 fully saturated rings. The fourth-order valence-corrected chi connectivity index (χ4v) is 2.55. The van der Waals surface area contributed by atoms with E-state index in [2.05, 4.69) is 19.2 Å². The van der Waals surface area contributed by atoms with Crippen molar-refractivity contribution in [3.05, 3.63) is 0 Å². The molecule has 3 N–H and O–H groups in total. The molecule has 16 heavy (non-hydrogen) atoms. The van der Waals surface area contributed by atoms with Crippen LogP contribution < -0.4 is 5.32 Å². The third kappa shape index (κ3) is 4.81. The van der Waals surface area contributed by atoms with E-state index in [1.54, 1.807) is 0 Å². The van der Waals surface area contributed by atoms with Crippen LogP contribution in [0, 0.1) is 5.92 Å². The van der Waals surface area contributed by atoms with Gasteiger partial charge < -0.3 is 15.5 Å². The maximum atomic E-state index is 9.98. The molecule has 96 valence electrons. The highest BCUT2D eigenvalue weighted by molar-refractivity contribution is 4.82. The number of nitrogens with one attached hydrogen (secondary N) is 1. The SMILES string of the molecule is CC(C)CC(CO)NC1CCCCCC1O. The summed E-state index contributed by atoms with van der Waals surface area (Å²) in [4.78, 5) is 0. The molecule has 0 aromatic carbocycles. The van der Waals surface area contributed by atoms with E-state index in [1.807, 2.05) is 0 Å². The zero-order chi connectivity index (χ0) is 12.0. The van der Waals surface area contributed by atoms with E-state index in [1.165, 1.54) is 12.8 Å². The predicted molar refractivity (Wildman–Crippen MR) is 66.3 cm³/mol. The average Bonchev–Trinajstić information content (AvgIpc) is 2.42. The lowest BCUT2D eigenvalue weighted by Crippen LogP contribution is -2.47. The van der Waals surface area contributed by atoms with Gasteiger partial charge in [-0.05, 0) is 25.2 Å². The second kappa shape index (κ2) is 7.25. The topological polar surface area (TPSA) is 52.5 Å². The van der Waals surface area contributed by atoms with Crippen LogP contribution in [0.1, 0.15) is 52.4 Å². The van der Waals surface area contributed by atoms with Gasteiger partial charge in [0.25, 0.3) is 0 Å². The van der Waals surface area contributed by atoms with Crippen molar-refractivity contribution in [1.29, 1.82) is 0 Å². The zero-order valence-corrected chi connectivity index (χ0v) is 10.7. The molecule has 3 unspecified atom stereocenters. The van der Waals surface area contributed by atoms with Gasteiger partial charge in [0.15, 0.2) is 0 Å². The van der Waals surface area contributed by atoms with Gasteiger partial charge in [0.05, 0.1) is 12.7 Å². The summed E-state index contributed by atoms with van der Waals surface area (Å²) in [7, 11) is 0. The van der Waals surface area contributed by atoms with E-state index in [4.69, 9.17) is 0 Å². The molecule has 0 radical (unpaired) electrons. The van der Waals surface area contributed by atoms with Crippen LogP contribution in [0.2, 0.25) is 0 Å². The minimum atomic E-state index is -0.233. The first kappa shape index (κ1) is 13.9. The maximum Gasteiger partial charge on any atom is 0.0693 e. The summed E-state index contributed by atoms with van der Waals surface area (Å²) in [5, 5.41) is 22.7. The number of hydrogen-bond acceptors (Lipinski definition) is 3. The van der Waals surface area contributed by atoms with Gasteiger partial charge >= 0.3 is 0 Å². The molecule has 3 atom stereocenters. The molecule has 0 aromatic rings. The lowest BCUT2D eigenvalue weighted by atomic mass is 10.0. The van der Waals surface area contributed by atoms with Crippen molar-refractivity contribution in [3.8, 4) is 0 Å². The quantitative estimate of drug-likeness (QED) is 0.629. The van der Waals surface area contributed by atoms with Crippen molar-refractivity contribution < 1.29 is 10.2 Å². The number of aliphatic hydroxyl groups is 2. The monoisotopic (exact) mass is 229 g/mol. The molecule has 0 saturated heterocycles. The Morgan fingerprint density at radius 1 is 1.19 bits per heavy atom. The maximum absolute atomic E-state index is 9.98. The highest BCUT2D eigenvalue weighted by Gasteiger charge is 2.24. The van der Waals surface area contributed by atoms with Gasteiger partial charge in [-0.2, -0.15) is 0 Å². The molecule has 0 amide bonds. The first-order valence-electron chi connectivity index (χ1n) is 6.68. The summed E-state index contributed by atoms with van der Waals surface area (Å²) in [5.41, 5.74) is 0. The standard InChI is InChI=1S/C13H27NO2/c1-10(2)8-11(9-15)14-12-6-4-3-5-7-13(12)16/h10-16H,3-9H2,1-2H3. The summed E-state index contributed by atoms with van der Waals surface area (Å²) in [6.07, 6.45) is 6.22. The van der Waals surface area contributed by atoms with Crippen LogP contribution >= 0.6 is 0 Å². The number of aliphatic hydroxyl groups excluding tert-OH is 2. The van der Waals surface area contributed by atoms with Gasteiger partial charge in [0, 0.05) is 12.1 Å². The zero-order valence-electron chi connectivity index (χ0n) is 10.7. The summed E-state index contributed by atoms with van der Waals surface area (Å²) in [5.74, 6) is 0.576. The van der Waals surface area contributed by atoms with Crippen LogP contribution in [0.3, 0.4) is 0 Å². The minimum absolute atomic E-state index is 0.137. The van der Waals surface area contributed by atoms with Crippen molar-refractivity contribution >= 4 is 0 Å². The highest BCUT2D eigenvalue weighted by atomic mass is 16.3. The summed E-state index contributed by atoms with van der Waals surface area (Å²) in [6.45, 7) is 4.49. The first-order chi connectivity index (χ1) is 7.63. The molecule has 1 aliphatic carbocycles. The Bertz CT molecular complexity index is 185. The van der Waals surface area contributed by atoms with Crippen molar-refractivity contribution in [2.75, 3.05) is 6.61 Å². The molecule has 0 aliphatic heterocycles. The molecule has 0 spiro atoms. The smallest absolute Gasteiger partial charge is 0.0693 e. The molecule has 1 rings (SSSR count). The van der Waals surface area contributed by atoms with Gasteiger partial charge in [-0.15, -0.1) is 0 Å². The first-order valence-corrected chi connectivity index (χ1v) is 6.68. The van der Waals surface area contributed by atoms with Gasteiger partial charge in [-0.25, -0.2) is 0 Å². The predicted octanol–water partition coefficient (Wildman–Crippen LogP) is 1.68. The third-order valence-electron chi connectivity index (χ3n) is 3.41. The molecule has 1 aliphatic rings. The van der Waals surface area contributed by atoms with Crippen molar-refractivity contribution in [3.63, 3.8) is 0 Å². The molecule has 3 nitrogen and oxygen atoms in total. The van der Waals surface area contributed by atoms with Gasteiger partial charge in [0.2, 0.25) is 0 Å². The lowest BCUT2D eigenvalue weighted by Gasteiger charge is -2.28. The highest BCUT2D eigenvalue weighted by Crippen LogP contribution is 2.19. The van der Waals surface area contributed by atoms with E-state index >= 15 is 0 Å². The third-order valence-corrected chi connectivity index (χ3v) is 3.41. The van der Waals surface area contributed by atoms with Crippen LogP contribution in [0.15, 0.2) is 0 Å². The average molecular weight is 229 g/mol. The van der Waals surface area contributed by atoms with E-state index in [0.717, 1.165) is 25.7 Å². The van der Waals surface area contributed by atoms with Crippen LogP contribution in [-0.4, -0.2) is 35.0 Å². The minimum Gasteiger partial charge on any atom is -0.395 e. The molecule has 0 heterocycles. The van der Waals surface area contributed by atoms with Crippen molar-refractivity contribution in [1.82, 2.24) is 5.32 Å². The summed E-state index contributed by atoms with van der Waals surface area (Å²) >= 11 is 0. The Hall–Kier alpha value is -0.120. The number of rotatable bonds is 5. The lowest BCUT2D eigenvalue weighted by molar-refractivity contribution is 0.102. The molecule has 0 bridgehead atoms. The normalized spacial score (nSPS) is 29.1. The van der Waals surface area contributed by atoms with Crippen LogP contribution in [-0.2, 0) is 0 Å². The van der Waals surface area contributed by atoms with Crippen LogP contribution in [0.5, 0.6) is 0 Å². The summed E-state index contributed by atoms with van der Waals surface area (Å²) in [6, 6.07) is 0.316. The van der Waals surface area contributed by atoms with Crippen molar-refractivity contribution in [2.45, 2.75) is 70.6 Å². The second-order valence-corrected chi connectivity index (χ2v) is 5.49. The Morgan fingerprint density at radius 2 is 1.88 bits per heavy atom.